The van der Waals surface area contributed by atoms with Gasteiger partial charge >= 0.3 is 0 Å². The molecule has 0 aromatic carbocycles. The van der Waals surface area contributed by atoms with Crippen molar-refractivity contribution < 1.29 is 4.79 Å². The minimum Gasteiger partial charge on any atom is -0.339 e. The molecule has 0 spiro atoms. The van der Waals surface area contributed by atoms with Gasteiger partial charge in [0.2, 0.25) is 5.91 Å². The number of hydrogen-bond acceptors (Lipinski definition) is 2. The Hall–Kier alpha value is -0.570. The number of nitrogens with two attached hydrogens (primary N) is 1. The number of amides is 1. The number of likely N-dealkylation sites (tertiary alicyclic amines) is 1. The van der Waals surface area contributed by atoms with Gasteiger partial charge in [0.05, 0.1) is 5.92 Å². The second kappa shape index (κ2) is 5.60. The minimum absolute atomic E-state index is 0.0821. The van der Waals surface area contributed by atoms with E-state index in [4.69, 9.17) is 5.73 Å². The molecule has 1 saturated heterocycles. The molecule has 3 heteroatoms. The van der Waals surface area contributed by atoms with Gasteiger partial charge in [-0.2, -0.15) is 0 Å². The molecular formula is C15H28N2O. The number of piperidine rings is 1. The number of rotatable bonds is 1. The van der Waals surface area contributed by atoms with Gasteiger partial charge in [0.1, 0.15) is 0 Å². The second-order valence-corrected chi connectivity index (χ2v) is 6.60. The molecule has 3 nitrogen and oxygen atoms in total. The van der Waals surface area contributed by atoms with E-state index in [-0.39, 0.29) is 12.0 Å². The van der Waals surface area contributed by atoms with Crippen molar-refractivity contribution in [3.63, 3.8) is 0 Å². The lowest BCUT2D eigenvalue weighted by Gasteiger charge is -2.44. The second-order valence-electron chi connectivity index (χ2n) is 6.60. The van der Waals surface area contributed by atoms with Gasteiger partial charge in [-0.05, 0) is 38.0 Å². The Morgan fingerprint density at radius 2 is 1.83 bits per heavy atom. The molecule has 5 unspecified atom stereocenters. The van der Waals surface area contributed by atoms with Gasteiger partial charge in [-0.15, -0.1) is 0 Å². The molecule has 1 heterocycles. The molecule has 104 valence electrons. The summed E-state index contributed by atoms with van der Waals surface area (Å²) in [6, 6.07) is 0.466. The van der Waals surface area contributed by atoms with Crippen LogP contribution in [-0.2, 0) is 4.79 Å². The first-order valence-electron chi connectivity index (χ1n) is 7.56. The van der Waals surface area contributed by atoms with Gasteiger partial charge < -0.3 is 10.6 Å². The molecule has 18 heavy (non-hydrogen) atoms. The van der Waals surface area contributed by atoms with E-state index in [1.54, 1.807) is 0 Å². The molecule has 1 aliphatic carbocycles. The monoisotopic (exact) mass is 252 g/mol. The highest BCUT2D eigenvalue weighted by atomic mass is 16.2. The van der Waals surface area contributed by atoms with E-state index < -0.39 is 0 Å². The standard InChI is InChI=1S/C15H28N2O/c1-10-8-11(2)12(3)17(9-10)15(18)13-6-4-5-7-14(13)16/h10-14H,4-9,16H2,1-3H3. The summed E-state index contributed by atoms with van der Waals surface area (Å²) in [5.41, 5.74) is 6.15. The highest BCUT2D eigenvalue weighted by Gasteiger charge is 2.37. The van der Waals surface area contributed by atoms with Crippen LogP contribution in [0.25, 0.3) is 0 Å². The lowest BCUT2D eigenvalue weighted by atomic mass is 9.81. The van der Waals surface area contributed by atoms with Gasteiger partial charge in [0, 0.05) is 18.6 Å². The Morgan fingerprint density at radius 1 is 1.17 bits per heavy atom. The van der Waals surface area contributed by atoms with E-state index in [1.165, 1.54) is 12.8 Å². The number of carbonyl (C=O) groups is 1. The summed E-state index contributed by atoms with van der Waals surface area (Å²) in [4.78, 5) is 14.8. The summed E-state index contributed by atoms with van der Waals surface area (Å²) >= 11 is 0. The summed E-state index contributed by atoms with van der Waals surface area (Å²) in [5, 5.41) is 0. The third-order valence-corrected chi connectivity index (χ3v) is 5.02. The Bertz CT molecular complexity index is 305. The summed E-state index contributed by atoms with van der Waals surface area (Å²) in [6.07, 6.45) is 5.60. The van der Waals surface area contributed by atoms with Crippen LogP contribution in [0.4, 0.5) is 0 Å². The Labute approximate surface area is 111 Å². The van der Waals surface area contributed by atoms with Crippen molar-refractivity contribution >= 4 is 5.91 Å². The van der Waals surface area contributed by atoms with Crippen molar-refractivity contribution in [1.82, 2.24) is 4.90 Å². The molecule has 0 bridgehead atoms. The quantitative estimate of drug-likeness (QED) is 0.779. The average Bonchev–Trinajstić information content (AvgIpc) is 2.33. The van der Waals surface area contributed by atoms with Crippen molar-refractivity contribution in [3.05, 3.63) is 0 Å². The molecular weight excluding hydrogens is 224 g/mol. The predicted molar refractivity (Wildman–Crippen MR) is 74.1 cm³/mol. The normalized spacial score (nSPS) is 41.8. The molecule has 0 radical (unpaired) electrons. The lowest BCUT2D eigenvalue weighted by molar-refractivity contribution is -0.143. The van der Waals surface area contributed by atoms with Crippen LogP contribution in [0.2, 0.25) is 0 Å². The fourth-order valence-corrected chi connectivity index (χ4v) is 3.69. The molecule has 1 amide bonds. The maximum Gasteiger partial charge on any atom is 0.227 e. The maximum atomic E-state index is 12.7. The van der Waals surface area contributed by atoms with Gasteiger partial charge in [-0.3, -0.25) is 4.79 Å². The minimum atomic E-state index is 0.0821. The van der Waals surface area contributed by atoms with Crippen LogP contribution in [0.5, 0.6) is 0 Å². The molecule has 0 aromatic rings. The van der Waals surface area contributed by atoms with Crippen LogP contribution in [0.1, 0.15) is 52.9 Å². The van der Waals surface area contributed by atoms with Crippen molar-refractivity contribution in [2.24, 2.45) is 23.5 Å². The molecule has 5 atom stereocenters. The van der Waals surface area contributed by atoms with Crippen LogP contribution in [0.15, 0.2) is 0 Å². The third kappa shape index (κ3) is 2.71. The lowest BCUT2D eigenvalue weighted by Crippen LogP contribution is -2.54. The highest BCUT2D eigenvalue weighted by Crippen LogP contribution is 2.31. The molecule has 2 fully saturated rings. The van der Waals surface area contributed by atoms with E-state index in [1.807, 2.05) is 0 Å². The van der Waals surface area contributed by atoms with E-state index in [0.717, 1.165) is 25.8 Å². The first-order chi connectivity index (χ1) is 8.50. The molecule has 1 aliphatic heterocycles. The molecule has 0 aromatic heterocycles. The predicted octanol–water partition coefficient (Wildman–Crippen LogP) is 2.40. The average molecular weight is 252 g/mol. The fraction of sp³-hybridized carbons (Fsp3) is 0.933. The molecule has 2 N–H and O–H groups in total. The third-order valence-electron chi connectivity index (χ3n) is 5.02. The van der Waals surface area contributed by atoms with Gasteiger partial charge in [-0.25, -0.2) is 0 Å². The largest absolute Gasteiger partial charge is 0.339 e. The summed E-state index contributed by atoms with van der Waals surface area (Å²) < 4.78 is 0. The Kier molecular flexibility index (Phi) is 4.31. The molecule has 2 rings (SSSR count). The zero-order valence-corrected chi connectivity index (χ0v) is 12.1. The van der Waals surface area contributed by atoms with Crippen LogP contribution in [0, 0.1) is 17.8 Å². The summed E-state index contributed by atoms with van der Waals surface area (Å²) in [6.45, 7) is 7.64. The first-order valence-corrected chi connectivity index (χ1v) is 7.56. The van der Waals surface area contributed by atoms with Crippen LogP contribution < -0.4 is 5.73 Å². The van der Waals surface area contributed by atoms with Crippen molar-refractivity contribution in [2.45, 2.75) is 65.0 Å². The van der Waals surface area contributed by atoms with E-state index in [9.17, 15) is 4.79 Å². The SMILES string of the molecule is CC1CC(C)C(C)N(C(=O)C2CCCCC2N)C1. The number of carbonyl (C=O) groups excluding carboxylic acids is 1. The van der Waals surface area contributed by atoms with Crippen molar-refractivity contribution in [1.29, 1.82) is 0 Å². The Morgan fingerprint density at radius 3 is 2.50 bits per heavy atom. The molecule has 1 saturated carbocycles. The smallest absolute Gasteiger partial charge is 0.227 e. The number of nitrogens with zero attached hydrogens (tertiary/aromatic N) is 1. The zero-order valence-electron chi connectivity index (χ0n) is 12.1. The van der Waals surface area contributed by atoms with E-state index in [0.29, 0.717) is 23.8 Å². The highest BCUT2D eigenvalue weighted by molar-refractivity contribution is 5.80. The first kappa shape index (κ1) is 13.9. The van der Waals surface area contributed by atoms with Crippen molar-refractivity contribution in [2.75, 3.05) is 6.54 Å². The number of hydrogen-bond donors (Lipinski definition) is 1. The van der Waals surface area contributed by atoms with Gasteiger partial charge in [0.15, 0.2) is 0 Å². The Balaban J connectivity index is 2.06. The van der Waals surface area contributed by atoms with Crippen LogP contribution in [-0.4, -0.2) is 29.4 Å². The zero-order chi connectivity index (χ0) is 13.3. The van der Waals surface area contributed by atoms with Gasteiger partial charge in [-0.1, -0.05) is 26.7 Å². The fourth-order valence-electron chi connectivity index (χ4n) is 3.69. The van der Waals surface area contributed by atoms with Crippen LogP contribution in [0.3, 0.4) is 0 Å². The van der Waals surface area contributed by atoms with E-state index >= 15 is 0 Å². The topological polar surface area (TPSA) is 46.3 Å². The summed E-state index contributed by atoms with van der Waals surface area (Å²) in [5.74, 6) is 1.64. The van der Waals surface area contributed by atoms with Gasteiger partial charge in [0.25, 0.3) is 0 Å². The van der Waals surface area contributed by atoms with Crippen LogP contribution >= 0.6 is 0 Å². The van der Waals surface area contributed by atoms with Crippen molar-refractivity contribution in [3.8, 4) is 0 Å². The van der Waals surface area contributed by atoms with E-state index in [2.05, 4.69) is 25.7 Å². The molecule has 2 aliphatic rings. The maximum absolute atomic E-state index is 12.7. The summed E-state index contributed by atoms with van der Waals surface area (Å²) in [7, 11) is 0.